The Bertz CT molecular complexity index is 1220. The van der Waals surface area contributed by atoms with Crippen molar-refractivity contribution in [2.45, 2.75) is 27.2 Å². The van der Waals surface area contributed by atoms with Crippen LogP contribution in [-0.4, -0.2) is 51.2 Å². The molecule has 33 heavy (non-hydrogen) atoms. The van der Waals surface area contributed by atoms with Crippen LogP contribution in [0.3, 0.4) is 0 Å². The van der Waals surface area contributed by atoms with Crippen LogP contribution in [0.25, 0.3) is 23.2 Å². The Morgan fingerprint density at radius 3 is 2.64 bits per heavy atom. The van der Waals surface area contributed by atoms with Crippen LogP contribution in [0.5, 0.6) is 0 Å². The maximum atomic E-state index is 6.02. The molecule has 0 saturated carbocycles. The summed E-state index contributed by atoms with van der Waals surface area (Å²) in [6, 6.07) is 5.85. The summed E-state index contributed by atoms with van der Waals surface area (Å²) in [7, 11) is 0. The van der Waals surface area contributed by atoms with Crippen molar-refractivity contribution in [1.82, 2.24) is 25.3 Å². The molecule has 1 aliphatic heterocycles. The number of imidazole rings is 2. The lowest BCUT2D eigenvalue weighted by molar-refractivity contribution is 0.950. The zero-order valence-corrected chi connectivity index (χ0v) is 19.6. The van der Waals surface area contributed by atoms with E-state index in [2.05, 4.69) is 48.4 Å². The van der Waals surface area contributed by atoms with E-state index in [1.54, 1.807) is 12.2 Å². The lowest BCUT2D eigenvalue weighted by atomic mass is 10.1. The highest BCUT2D eigenvalue weighted by molar-refractivity contribution is 6.05. The number of hydrogen-bond donors (Lipinski definition) is 4. The molecule has 8 heteroatoms. The monoisotopic (exact) mass is 444 g/mol. The van der Waals surface area contributed by atoms with E-state index in [1.165, 1.54) is 0 Å². The number of H-pyrrole nitrogens is 2. The summed E-state index contributed by atoms with van der Waals surface area (Å²) in [4.78, 5) is 24.8. The molecule has 0 amide bonds. The van der Waals surface area contributed by atoms with Gasteiger partial charge < -0.3 is 21.0 Å². The molecule has 172 valence electrons. The van der Waals surface area contributed by atoms with Gasteiger partial charge in [0.15, 0.2) is 0 Å². The first-order chi connectivity index (χ1) is 16.1. The fourth-order valence-electron chi connectivity index (χ4n) is 3.50. The largest absolute Gasteiger partial charge is 0.384 e. The topological polar surface area (TPSA) is 120 Å². The van der Waals surface area contributed by atoms with Gasteiger partial charge in [-0.25, -0.2) is 9.97 Å². The number of nitrogens with two attached hydrogens (primary N) is 1. The van der Waals surface area contributed by atoms with Gasteiger partial charge in [-0.3, -0.25) is 9.98 Å². The number of aliphatic imine (C=N–C) groups is 2. The second-order valence-corrected chi connectivity index (χ2v) is 7.10. The van der Waals surface area contributed by atoms with Crippen molar-refractivity contribution in [2.24, 2.45) is 15.7 Å². The third kappa shape index (κ3) is 5.46. The maximum Gasteiger partial charge on any atom is 0.128 e. The summed E-state index contributed by atoms with van der Waals surface area (Å²) in [5, 5.41) is 3.27. The molecule has 1 aromatic carbocycles. The standard InChI is InChI=1S/C23H26N8.C2H6/c1-4-14(23-26-9-10-27-23)11-18-16(5-2)28-20(30-18)13-21-29-17-8-7-15(12-19(17)31-21)22(24)25-6-3;1-2/h4-5,7-8,11-12H,1-2,6,9-10,13H2,3H3,(H2,24,25)(H,26,27)(H,28,30)(H,29,31);1-2H3/b14-11+;. The molecule has 5 N–H and O–H groups in total. The normalized spacial score (nSPS) is 13.8. The summed E-state index contributed by atoms with van der Waals surface area (Å²) in [6.07, 6.45) is 6.03. The number of nitrogens with one attached hydrogen (secondary N) is 3. The zero-order chi connectivity index (χ0) is 23.8. The smallest absolute Gasteiger partial charge is 0.128 e. The third-order valence-electron chi connectivity index (χ3n) is 4.96. The molecule has 8 nitrogen and oxygen atoms in total. The van der Waals surface area contributed by atoms with Crippen molar-refractivity contribution < 1.29 is 0 Å². The summed E-state index contributed by atoms with van der Waals surface area (Å²) in [6.45, 7) is 16.0. The van der Waals surface area contributed by atoms with Gasteiger partial charge in [0.1, 0.15) is 23.3 Å². The van der Waals surface area contributed by atoms with Gasteiger partial charge >= 0.3 is 0 Å². The number of rotatable bonds is 8. The predicted octanol–water partition coefficient (Wildman–Crippen LogP) is 3.84. The molecule has 0 bridgehead atoms. The van der Waals surface area contributed by atoms with Crippen LogP contribution in [-0.2, 0) is 6.42 Å². The Labute approximate surface area is 194 Å². The van der Waals surface area contributed by atoms with E-state index in [9.17, 15) is 0 Å². The molecule has 0 saturated heterocycles. The summed E-state index contributed by atoms with van der Waals surface area (Å²) < 4.78 is 0. The molecule has 0 fully saturated rings. The number of benzene rings is 1. The van der Waals surface area contributed by atoms with Crippen molar-refractivity contribution in [2.75, 3.05) is 19.6 Å². The number of aromatic nitrogens is 4. The second kappa shape index (κ2) is 11.1. The van der Waals surface area contributed by atoms with Gasteiger partial charge in [0.25, 0.3) is 0 Å². The number of hydrogen-bond acceptors (Lipinski definition) is 5. The Morgan fingerprint density at radius 1 is 1.18 bits per heavy atom. The van der Waals surface area contributed by atoms with Gasteiger partial charge in [-0.1, -0.05) is 33.1 Å². The average Bonchev–Trinajstić information content (AvgIpc) is 3.58. The molecule has 2 aromatic heterocycles. The molecule has 3 aromatic rings. The first-order valence-electron chi connectivity index (χ1n) is 11.2. The van der Waals surface area contributed by atoms with Crippen LogP contribution in [0, 0.1) is 0 Å². The number of fused-ring (bicyclic) bond motifs is 1. The summed E-state index contributed by atoms with van der Waals surface area (Å²) in [5.41, 5.74) is 11.2. The first-order valence-corrected chi connectivity index (χ1v) is 11.2. The lowest BCUT2D eigenvalue weighted by Gasteiger charge is -2.02. The predicted molar refractivity (Wildman–Crippen MR) is 139 cm³/mol. The first kappa shape index (κ1) is 23.7. The van der Waals surface area contributed by atoms with E-state index in [-0.39, 0.29) is 0 Å². The van der Waals surface area contributed by atoms with Crippen molar-refractivity contribution in [1.29, 1.82) is 0 Å². The lowest BCUT2D eigenvalue weighted by Crippen LogP contribution is -2.19. The number of nitrogens with zero attached hydrogens (tertiary/aromatic N) is 4. The van der Waals surface area contributed by atoms with Gasteiger partial charge in [-0.15, -0.1) is 0 Å². The fourth-order valence-corrected chi connectivity index (χ4v) is 3.50. The summed E-state index contributed by atoms with van der Waals surface area (Å²) in [5.74, 6) is 2.97. The molecular formula is C25H32N8. The van der Waals surface area contributed by atoms with Crippen molar-refractivity contribution in [3.63, 3.8) is 0 Å². The average molecular weight is 445 g/mol. The van der Waals surface area contributed by atoms with Crippen molar-refractivity contribution in [3.05, 3.63) is 71.6 Å². The van der Waals surface area contributed by atoms with Crippen LogP contribution in [0.2, 0.25) is 0 Å². The van der Waals surface area contributed by atoms with E-state index in [0.717, 1.165) is 64.1 Å². The Morgan fingerprint density at radius 2 is 1.97 bits per heavy atom. The van der Waals surface area contributed by atoms with E-state index >= 15 is 0 Å². The molecule has 0 unspecified atom stereocenters. The third-order valence-corrected chi connectivity index (χ3v) is 4.96. The van der Waals surface area contributed by atoms with Gasteiger partial charge in [0, 0.05) is 24.2 Å². The highest BCUT2D eigenvalue weighted by Gasteiger charge is 2.13. The fraction of sp³-hybridized carbons (Fsp3) is 0.280. The van der Waals surface area contributed by atoms with Crippen molar-refractivity contribution >= 4 is 34.9 Å². The van der Waals surface area contributed by atoms with Crippen LogP contribution in [0.1, 0.15) is 49.4 Å². The Hall–Kier alpha value is -3.94. The summed E-state index contributed by atoms with van der Waals surface area (Å²) >= 11 is 0. The van der Waals surface area contributed by atoms with Crippen LogP contribution >= 0.6 is 0 Å². The van der Waals surface area contributed by atoms with Crippen LogP contribution in [0.15, 0.2) is 53.0 Å². The SMILES string of the molecule is C=C/C(=C\c1[nH]c(Cc2nc3ccc(C(N)=NCC)cc3[nH]2)nc1C=C)C1=NCCN1.CC. The van der Waals surface area contributed by atoms with Crippen LogP contribution in [0.4, 0.5) is 0 Å². The molecule has 4 rings (SSSR count). The quantitative estimate of drug-likeness (QED) is 0.240. The molecule has 0 spiro atoms. The molecule has 0 atom stereocenters. The molecule has 1 aliphatic rings. The van der Waals surface area contributed by atoms with Gasteiger partial charge in [-0.05, 0) is 37.3 Å². The molecular weight excluding hydrogens is 412 g/mol. The second-order valence-electron chi connectivity index (χ2n) is 7.10. The van der Waals surface area contributed by atoms with E-state index in [4.69, 9.17) is 5.73 Å². The van der Waals surface area contributed by atoms with Crippen LogP contribution < -0.4 is 11.1 Å². The molecule has 3 heterocycles. The minimum Gasteiger partial charge on any atom is -0.384 e. The minimum absolute atomic E-state index is 0.526. The van der Waals surface area contributed by atoms with Crippen molar-refractivity contribution in [3.8, 4) is 0 Å². The molecule has 0 aliphatic carbocycles. The van der Waals surface area contributed by atoms with E-state index in [1.807, 2.05) is 45.0 Å². The van der Waals surface area contributed by atoms with E-state index < -0.39 is 0 Å². The maximum absolute atomic E-state index is 6.02. The zero-order valence-electron chi connectivity index (χ0n) is 19.6. The van der Waals surface area contributed by atoms with Gasteiger partial charge in [-0.2, -0.15) is 0 Å². The number of amidine groups is 2. The highest BCUT2D eigenvalue weighted by Crippen LogP contribution is 2.18. The van der Waals surface area contributed by atoms with Gasteiger partial charge in [0.05, 0.1) is 35.4 Å². The highest BCUT2D eigenvalue weighted by atomic mass is 15.1. The minimum atomic E-state index is 0.526. The Kier molecular flexibility index (Phi) is 7.96. The Balaban J connectivity index is 0.00000149. The van der Waals surface area contributed by atoms with E-state index in [0.29, 0.717) is 18.8 Å². The molecule has 0 radical (unpaired) electrons. The number of aromatic amines is 2. The van der Waals surface area contributed by atoms with Gasteiger partial charge in [0.2, 0.25) is 0 Å².